The lowest BCUT2D eigenvalue weighted by molar-refractivity contribution is -0.124. The molecule has 1 N–H and O–H groups in total. The highest BCUT2D eigenvalue weighted by atomic mass is 16.5. The zero-order valence-electron chi connectivity index (χ0n) is 15.9. The minimum atomic E-state index is 0.159. The van der Waals surface area contributed by atoms with E-state index < -0.39 is 0 Å². The van der Waals surface area contributed by atoms with E-state index in [9.17, 15) is 4.79 Å². The Morgan fingerprint density at radius 2 is 1.93 bits per heavy atom. The smallest absolute Gasteiger partial charge is 0.220 e. The average Bonchev–Trinajstić information content (AvgIpc) is 2.72. The summed E-state index contributed by atoms with van der Waals surface area (Å²) in [6.07, 6.45) is 10.00. The molecule has 2 aliphatic carbocycles. The molecule has 0 spiro atoms. The van der Waals surface area contributed by atoms with Crippen LogP contribution in [0.4, 0.5) is 0 Å². The van der Waals surface area contributed by atoms with Gasteiger partial charge in [-0.05, 0) is 60.4 Å². The van der Waals surface area contributed by atoms with Crippen LogP contribution < -0.4 is 10.1 Å². The Morgan fingerprint density at radius 3 is 2.63 bits per heavy atom. The predicted octanol–water partition coefficient (Wildman–Crippen LogP) is 4.11. The van der Waals surface area contributed by atoms with Crippen LogP contribution in [0.25, 0.3) is 0 Å². The van der Waals surface area contributed by atoms with Crippen LogP contribution in [-0.2, 0) is 11.2 Å². The van der Waals surface area contributed by atoms with Gasteiger partial charge in [0.05, 0.1) is 7.11 Å². The third-order valence-corrected chi connectivity index (χ3v) is 6.38. The summed E-state index contributed by atoms with van der Waals surface area (Å²) in [6, 6.07) is 12.6. The van der Waals surface area contributed by atoms with E-state index in [2.05, 4.69) is 22.4 Å². The maximum Gasteiger partial charge on any atom is 0.220 e. The van der Waals surface area contributed by atoms with Crippen molar-refractivity contribution in [2.75, 3.05) is 7.11 Å². The van der Waals surface area contributed by atoms with Crippen molar-refractivity contribution in [2.24, 2.45) is 11.8 Å². The van der Waals surface area contributed by atoms with Crippen LogP contribution in [0.2, 0.25) is 0 Å². The quantitative estimate of drug-likeness (QED) is 0.839. The predicted molar refractivity (Wildman–Crippen MR) is 106 cm³/mol. The summed E-state index contributed by atoms with van der Waals surface area (Å²) < 4.78 is 5.30. The Hall–Kier alpha value is -2.36. The van der Waals surface area contributed by atoms with Gasteiger partial charge in [0, 0.05) is 30.8 Å². The molecule has 2 aliphatic rings. The summed E-state index contributed by atoms with van der Waals surface area (Å²) in [4.78, 5) is 16.7. The van der Waals surface area contributed by atoms with Crippen molar-refractivity contribution in [3.05, 3.63) is 59.9 Å². The Labute approximate surface area is 161 Å². The first kappa shape index (κ1) is 18.0. The molecule has 2 saturated carbocycles. The summed E-state index contributed by atoms with van der Waals surface area (Å²) in [5.74, 6) is 2.81. The van der Waals surface area contributed by atoms with Crippen molar-refractivity contribution in [1.29, 1.82) is 0 Å². The molecule has 4 heteroatoms. The maximum atomic E-state index is 12.6. The van der Waals surface area contributed by atoms with E-state index in [1.54, 1.807) is 13.3 Å². The maximum absolute atomic E-state index is 12.6. The van der Waals surface area contributed by atoms with Crippen LogP contribution in [0.1, 0.15) is 49.1 Å². The largest absolute Gasteiger partial charge is 0.497 e. The number of hydrogen-bond donors (Lipinski definition) is 1. The summed E-state index contributed by atoms with van der Waals surface area (Å²) >= 11 is 0. The molecular formula is C23H28N2O2. The standard InChI is InChI=1S/C23H28N2O2/c1-27-18-11-9-17(10-12-18)22-19-6-2-3-7-20(19)23(22)25-21(26)13-8-16-5-4-14-24-15-16/h4-5,9-12,14-15,19-20,22-23H,2-3,6-8,13H2,1H3,(H,25,26)/t19-,20-,22+,23+/m1/s1. The lowest BCUT2D eigenvalue weighted by Crippen LogP contribution is -2.59. The highest BCUT2D eigenvalue weighted by Gasteiger charge is 2.51. The fourth-order valence-corrected chi connectivity index (χ4v) is 5.01. The molecular weight excluding hydrogens is 336 g/mol. The van der Waals surface area contributed by atoms with Crippen molar-refractivity contribution in [3.8, 4) is 5.75 Å². The van der Waals surface area contributed by atoms with Crippen LogP contribution in [0.3, 0.4) is 0 Å². The molecule has 1 amide bonds. The monoisotopic (exact) mass is 364 g/mol. The van der Waals surface area contributed by atoms with E-state index in [1.807, 2.05) is 30.5 Å². The molecule has 27 heavy (non-hydrogen) atoms. The number of rotatable bonds is 6. The van der Waals surface area contributed by atoms with Crippen LogP contribution >= 0.6 is 0 Å². The zero-order chi connectivity index (χ0) is 18.6. The molecule has 0 bridgehead atoms. The second kappa shape index (κ2) is 8.12. The number of benzene rings is 1. The number of methoxy groups -OCH3 is 1. The second-order valence-electron chi connectivity index (χ2n) is 7.87. The number of hydrogen-bond acceptors (Lipinski definition) is 3. The number of ether oxygens (including phenoxy) is 1. The van der Waals surface area contributed by atoms with E-state index in [-0.39, 0.29) is 11.9 Å². The SMILES string of the molecule is COc1ccc([C@H]2[C@@H]3CCCC[C@H]3[C@@H]2NC(=O)CCc2cccnc2)cc1. The Kier molecular flexibility index (Phi) is 5.42. The van der Waals surface area contributed by atoms with E-state index in [0.717, 1.165) is 17.7 Å². The molecule has 4 nitrogen and oxygen atoms in total. The molecule has 1 heterocycles. The van der Waals surface area contributed by atoms with Crippen LogP contribution in [-0.4, -0.2) is 24.0 Å². The van der Waals surface area contributed by atoms with Gasteiger partial charge in [0.25, 0.3) is 0 Å². The average molecular weight is 364 g/mol. The molecule has 1 aromatic carbocycles. The minimum Gasteiger partial charge on any atom is -0.497 e. The molecule has 0 aliphatic heterocycles. The van der Waals surface area contributed by atoms with Crippen LogP contribution in [0.15, 0.2) is 48.8 Å². The third-order valence-electron chi connectivity index (χ3n) is 6.38. The van der Waals surface area contributed by atoms with Gasteiger partial charge in [0.2, 0.25) is 5.91 Å². The first-order chi connectivity index (χ1) is 13.3. The zero-order valence-corrected chi connectivity index (χ0v) is 15.9. The number of carbonyl (C=O) groups is 1. The first-order valence-electron chi connectivity index (χ1n) is 10.1. The highest BCUT2D eigenvalue weighted by Crippen LogP contribution is 2.54. The molecule has 0 radical (unpaired) electrons. The van der Waals surface area contributed by atoms with Gasteiger partial charge in [-0.2, -0.15) is 0 Å². The number of nitrogens with one attached hydrogen (secondary N) is 1. The number of aromatic nitrogens is 1. The van der Waals surface area contributed by atoms with E-state index in [1.165, 1.54) is 31.2 Å². The van der Waals surface area contributed by atoms with Gasteiger partial charge in [-0.15, -0.1) is 0 Å². The molecule has 142 valence electrons. The molecule has 4 atom stereocenters. The van der Waals surface area contributed by atoms with Crippen molar-refractivity contribution < 1.29 is 9.53 Å². The van der Waals surface area contributed by atoms with Gasteiger partial charge in [-0.3, -0.25) is 9.78 Å². The van der Waals surface area contributed by atoms with Gasteiger partial charge in [-0.1, -0.05) is 31.0 Å². The molecule has 0 saturated heterocycles. The Bertz CT molecular complexity index is 760. The normalized spacial score (nSPS) is 26.6. The van der Waals surface area contributed by atoms with Crippen molar-refractivity contribution in [3.63, 3.8) is 0 Å². The topological polar surface area (TPSA) is 51.2 Å². The number of amides is 1. The van der Waals surface area contributed by atoms with Crippen molar-refractivity contribution in [2.45, 2.75) is 50.5 Å². The number of carbonyl (C=O) groups excluding carboxylic acids is 1. The number of aryl methyl sites for hydroxylation is 1. The minimum absolute atomic E-state index is 0.159. The van der Waals surface area contributed by atoms with Gasteiger partial charge < -0.3 is 10.1 Å². The van der Waals surface area contributed by atoms with Gasteiger partial charge in [-0.25, -0.2) is 0 Å². The van der Waals surface area contributed by atoms with Crippen LogP contribution in [0.5, 0.6) is 5.75 Å². The van der Waals surface area contributed by atoms with Crippen molar-refractivity contribution in [1.82, 2.24) is 10.3 Å². The van der Waals surface area contributed by atoms with Crippen molar-refractivity contribution >= 4 is 5.91 Å². The highest BCUT2D eigenvalue weighted by molar-refractivity contribution is 5.77. The summed E-state index contributed by atoms with van der Waals surface area (Å²) in [6.45, 7) is 0. The number of pyridine rings is 1. The molecule has 4 rings (SSSR count). The van der Waals surface area contributed by atoms with Gasteiger partial charge >= 0.3 is 0 Å². The third kappa shape index (κ3) is 3.85. The van der Waals surface area contributed by atoms with E-state index in [0.29, 0.717) is 24.2 Å². The van der Waals surface area contributed by atoms with Gasteiger partial charge in [0.15, 0.2) is 0 Å². The van der Waals surface area contributed by atoms with Gasteiger partial charge in [0.1, 0.15) is 5.75 Å². The summed E-state index contributed by atoms with van der Waals surface area (Å²) in [5, 5.41) is 3.37. The lowest BCUT2D eigenvalue weighted by Gasteiger charge is -2.55. The number of fused-ring (bicyclic) bond motifs is 1. The van der Waals surface area contributed by atoms with E-state index >= 15 is 0 Å². The Morgan fingerprint density at radius 1 is 1.15 bits per heavy atom. The molecule has 2 aromatic rings. The first-order valence-corrected chi connectivity index (χ1v) is 10.1. The summed E-state index contributed by atoms with van der Waals surface area (Å²) in [5.41, 5.74) is 2.44. The second-order valence-corrected chi connectivity index (χ2v) is 7.87. The fraction of sp³-hybridized carbons (Fsp3) is 0.478. The fourth-order valence-electron chi connectivity index (χ4n) is 5.01. The molecule has 1 aromatic heterocycles. The molecule has 2 fully saturated rings. The number of nitrogens with zero attached hydrogens (tertiary/aromatic N) is 1. The Balaban J connectivity index is 1.42. The molecule has 0 unspecified atom stereocenters. The lowest BCUT2D eigenvalue weighted by atomic mass is 9.53. The summed E-state index contributed by atoms with van der Waals surface area (Å²) in [7, 11) is 1.70. The van der Waals surface area contributed by atoms with Crippen LogP contribution in [0, 0.1) is 11.8 Å². The van der Waals surface area contributed by atoms with E-state index in [4.69, 9.17) is 4.74 Å².